The molecule has 2 saturated heterocycles. The average Bonchev–Trinajstić information content (AvgIpc) is 2.62. The van der Waals surface area contributed by atoms with Crippen molar-refractivity contribution < 1.29 is 4.79 Å². The third-order valence-electron chi connectivity index (χ3n) is 4.85. The largest absolute Gasteiger partial charge is 0.337 e. The Labute approximate surface area is 125 Å². The van der Waals surface area contributed by atoms with Gasteiger partial charge in [-0.05, 0) is 57.0 Å². The number of likely N-dealkylation sites (tertiary alicyclic amines) is 1. The summed E-state index contributed by atoms with van der Waals surface area (Å²) in [6.07, 6.45) is 3.58. The SMILES string of the molecule is Cc1cc(Cl)ccc1C(=O)N1CC[C@H]2CC[C@@H](C1)N2C. The highest BCUT2D eigenvalue weighted by Gasteiger charge is 2.36. The molecule has 3 nitrogen and oxygen atoms in total. The lowest BCUT2D eigenvalue weighted by Crippen LogP contribution is -2.39. The zero-order valence-corrected chi connectivity index (χ0v) is 12.9. The van der Waals surface area contributed by atoms with E-state index in [9.17, 15) is 4.79 Å². The Hall–Kier alpha value is -1.06. The summed E-state index contributed by atoms with van der Waals surface area (Å²) in [6, 6.07) is 6.71. The van der Waals surface area contributed by atoms with Gasteiger partial charge in [0.1, 0.15) is 0 Å². The molecule has 0 N–H and O–H groups in total. The molecule has 2 bridgehead atoms. The van der Waals surface area contributed by atoms with Crippen LogP contribution in [-0.4, -0.2) is 47.9 Å². The van der Waals surface area contributed by atoms with Crippen LogP contribution in [-0.2, 0) is 0 Å². The van der Waals surface area contributed by atoms with E-state index in [-0.39, 0.29) is 5.91 Å². The predicted octanol–water partition coefficient (Wildman–Crippen LogP) is 2.96. The second-order valence-electron chi connectivity index (χ2n) is 6.05. The first-order valence-corrected chi connectivity index (χ1v) is 7.71. The number of rotatable bonds is 1. The van der Waals surface area contributed by atoms with Crippen LogP contribution in [0.4, 0.5) is 0 Å². The molecule has 2 heterocycles. The molecule has 2 aliphatic rings. The van der Waals surface area contributed by atoms with Crippen molar-refractivity contribution in [2.24, 2.45) is 0 Å². The van der Waals surface area contributed by atoms with E-state index in [1.54, 1.807) is 6.07 Å². The Bertz CT molecular complexity index is 531. The fourth-order valence-corrected chi connectivity index (χ4v) is 3.76. The molecule has 2 aliphatic heterocycles. The lowest BCUT2D eigenvalue weighted by atomic mass is 10.0. The van der Waals surface area contributed by atoms with Gasteiger partial charge in [0.25, 0.3) is 5.91 Å². The minimum absolute atomic E-state index is 0.153. The number of hydrogen-bond acceptors (Lipinski definition) is 2. The van der Waals surface area contributed by atoms with Crippen LogP contribution in [0.25, 0.3) is 0 Å². The molecule has 20 heavy (non-hydrogen) atoms. The van der Waals surface area contributed by atoms with Crippen molar-refractivity contribution in [3.63, 3.8) is 0 Å². The lowest BCUT2D eigenvalue weighted by molar-refractivity contribution is 0.0739. The van der Waals surface area contributed by atoms with Crippen molar-refractivity contribution in [1.29, 1.82) is 0 Å². The minimum atomic E-state index is 0.153. The van der Waals surface area contributed by atoms with Gasteiger partial charge in [0.2, 0.25) is 0 Å². The second-order valence-corrected chi connectivity index (χ2v) is 6.49. The van der Waals surface area contributed by atoms with Gasteiger partial charge < -0.3 is 4.90 Å². The van der Waals surface area contributed by atoms with E-state index in [1.165, 1.54) is 12.8 Å². The third-order valence-corrected chi connectivity index (χ3v) is 5.09. The maximum absolute atomic E-state index is 12.7. The Kier molecular flexibility index (Phi) is 3.74. The third kappa shape index (κ3) is 2.45. The van der Waals surface area contributed by atoms with Gasteiger partial charge in [-0.1, -0.05) is 11.6 Å². The van der Waals surface area contributed by atoms with Crippen molar-refractivity contribution in [3.8, 4) is 0 Å². The van der Waals surface area contributed by atoms with Crippen LogP contribution in [0.3, 0.4) is 0 Å². The Morgan fingerprint density at radius 3 is 2.75 bits per heavy atom. The molecule has 0 unspecified atom stereocenters. The molecule has 0 saturated carbocycles. The van der Waals surface area contributed by atoms with Crippen molar-refractivity contribution >= 4 is 17.5 Å². The number of amides is 1. The Morgan fingerprint density at radius 1 is 1.25 bits per heavy atom. The van der Waals surface area contributed by atoms with Crippen LogP contribution in [0.15, 0.2) is 18.2 Å². The number of fused-ring (bicyclic) bond motifs is 2. The van der Waals surface area contributed by atoms with Crippen LogP contribution >= 0.6 is 11.6 Å². The molecule has 2 fully saturated rings. The summed E-state index contributed by atoms with van der Waals surface area (Å²) in [5, 5.41) is 0.689. The first-order valence-electron chi connectivity index (χ1n) is 7.33. The van der Waals surface area contributed by atoms with Crippen LogP contribution in [0.1, 0.15) is 35.2 Å². The number of likely N-dealkylation sites (N-methyl/N-ethyl adjacent to an activating group) is 1. The van der Waals surface area contributed by atoms with Crippen molar-refractivity contribution in [2.45, 2.75) is 38.3 Å². The van der Waals surface area contributed by atoms with E-state index >= 15 is 0 Å². The molecule has 1 aromatic rings. The Balaban J connectivity index is 1.80. The summed E-state index contributed by atoms with van der Waals surface area (Å²) in [5.74, 6) is 0.153. The highest BCUT2D eigenvalue weighted by atomic mass is 35.5. The molecule has 3 rings (SSSR count). The summed E-state index contributed by atoms with van der Waals surface area (Å²) >= 11 is 5.97. The lowest BCUT2D eigenvalue weighted by Gasteiger charge is -2.26. The summed E-state index contributed by atoms with van der Waals surface area (Å²) in [4.78, 5) is 17.2. The summed E-state index contributed by atoms with van der Waals surface area (Å²) in [7, 11) is 2.20. The number of carbonyl (C=O) groups excluding carboxylic acids is 1. The first-order chi connectivity index (χ1) is 9.56. The number of nitrogens with zero attached hydrogens (tertiary/aromatic N) is 2. The number of hydrogen-bond donors (Lipinski definition) is 0. The van der Waals surface area contributed by atoms with E-state index in [0.717, 1.165) is 30.6 Å². The molecule has 4 heteroatoms. The van der Waals surface area contributed by atoms with Gasteiger partial charge in [0.05, 0.1) is 0 Å². The van der Waals surface area contributed by atoms with Crippen LogP contribution in [0, 0.1) is 6.92 Å². The number of halogens is 1. The van der Waals surface area contributed by atoms with E-state index in [4.69, 9.17) is 11.6 Å². The van der Waals surface area contributed by atoms with Gasteiger partial charge in [-0.25, -0.2) is 0 Å². The van der Waals surface area contributed by atoms with Gasteiger partial charge in [-0.15, -0.1) is 0 Å². The van der Waals surface area contributed by atoms with Gasteiger partial charge in [-0.3, -0.25) is 9.69 Å². The number of aryl methyl sites for hydroxylation is 1. The van der Waals surface area contributed by atoms with E-state index < -0.39 is 0 Å². The highest BCUT2D eigenvalue weighted by molar-refractivity contribution is 6.30. The maximum atomic E-state index is 12.7. The summed E-state index contributed by atoms with van der Waals surface area (Å²) in [6.45, 7) is 3.68. The fraction of sp³-hybridized carbons (Fsp3) is 0.562. The molecule has 2 atom stereocenters. The zero-order chi connectivity index (χ0) is 14.3. The second kappa shape index (κ2) is 5.38. The number of benzene rings is 1. The molecule has 1 aromatic carbocycles. The van der Waals surface area contributed by atoms with Gasteiger partial charge >= 0.3 is 0 Å². The molecule has 0 aromatic heterocycles. The minimum Gasteiger partial charge on any atom is -0.337 e. The van der Waals surface area contributed by atoms with Crippen molar-refractivity contribution in [3.05, 3.63) is 34.3 Å². The predicted molar refractivity (Wildman–Crippen MR) is 81.3 cm³/mol. The van der Waals surface area contributed by atoms with Gasteiger partial charge in [0.15, 0.2) is 0 Å². The van der Waals surface area contributed by atoms with E-state index in [0.29, 0.717) is 17.1 Å². The van der Waals surface area contributed by atoms with Crippen LogP contribution in [0.5, 0.6) is 0 Å². The fourth-order valence-electron chi connectivity index (χ4n) is 3.53. The van der Waals surface area contributed by atoms with E-state index in [1.807, 2.05) is 24.0 Å². The standard InChI is InChI=1S/C16H21ClN2O/c1-11-9-12(17)3-6-15(11)16(20)19-8-7-13-4-5-14(10-19)18(13)2/h3,6,9,13-14H,4-5,7-8,10H2,1-2H3/t13-,14+/m1/s1. The summed E-state index contributed by atoms with van der Waals surface area (Å²) < 4.78 is 0. The van der Waals surface area contributed by atoms with Crippen LogP contribution in [0.2, 0.25) is 5.02 Å². The molecule has 0 radical (unpaired) electrons. The molecule has 0 aliphatic carbocycles. The van der Waals surface area contributed by atoms with Crippen LogP contribution < -0.4 is 0 Å². The number of carbonyl (C=O) groups is 1. The van der Waals surface area contributed by atoms with Gasteiger partial charge in [0, 0.05) is 35.8 Å². The van der Waals surface area contributed by atoms with E-state index in [2.05, 4.69) is 11.9 Å². The normalized spacial score (nSPS) is 26.6. The van der Waals surface area contributed by atoms with Crippen molar-refractivity contribution in [1.82, 2.24) is 9.80 Å². The quantitative estimate of drug-likeness (QED) is 0.794. The average molecular weight is 293 g/mol. The monoisotopic (exact) mass is 292 g/mol. The topological polar surface area (TPSA) is 23.6 Å². The molecular formula is C16H21ClN2O. The smallest absolute Gasteiger partial charge is 0.254 e. The Morgan fingerprint density at radius 2 is 2.00 bits per heavy atom. The van der Waals surface area contributed by atoms with Crippen molar-refractivity contribution in [2.75, 3.05) is 20.1 Å². The maximum Gasteiger partial charge on any atom is 0.254 e. The molecule has 108 valence electrons. The molecule has 0 spiro atoms. The highest BCUT2D eigenvalue weighted by Crippen LogP contribution is 2.29. The zero-order valence-electron chi connectivity index (χ0n) is 12.1. The summed E-state index contributed by atoms with van der Waals surface area (Å²) in [5.41, 5.74) is 1.75. The molecule has 1 amide bonds. The molecular weight excluding hydrogens is 272 g/mol. The first kappa shape index (κ1) is 13.9. The van der Waals surface area contributed by atoms with Gasteiger partial charge in [-0.2, -0.15) is 0 Å².